The van der Waals surface area contributed by atoms with Crippen LogP contribution in [0.5, 0.6) is 0 Å². The van der Waals surface area contributed by atoms with Gasteiger partial charge in [0.15, 0.2) is 10.8 Å². The van der Waals surface area contributed by atoms with E-state index >= 15 is 0 Å². The van der Waals surface area contributed by atoms with Crippen molar-refractivity contribution in [2.24, 2.45) is 5.92 Å². The topological polar surface area (TPSA) is 85.2 Å². The molecule has 0 radical (unpaired) electrons. The zero-order valence-electron chi connectivity index (χ0n) is 17.7. The molecule has 0 aromatic carbocycles. The minimum atomic E-state index is 0.109. The van der Waals surface area contributed by atoms with E-state index in [1.165, 1.54) is 11.8 Å². The molecule has 2 aromatic heterocycles. The maximum atomic E-state index is 12.5. The third-order valence-corrected chi connectivity index (χ3v) is 5.76. The van der Waals surface area contributed by atoms with E-state index in [-0.39, 0.29) is 11.8 Å². The Morgan fingerprint density at radius 2 is 1.97 bits per heavy atom. The highest BCUT2D eigenvalue weighted by molar-refractivity contribution is 7.98. The number of aromatic nitrogens is 4. The second-order valence-electron chi connectivity index (χ2n) is 7.30. The molecule has 9 heteroatoms. The maximum Gasteiger partial charge on any atom is 0.223 e. The van der Waals surface area contributed by atoms with Crippen molar-refractivity contribution < 1.29 is 9.53 Å². The molecular formula is C20H32N6O2S. The summed E-state index contributed by atoms with van der Waals surface area (Å²) in [6.07, 6.45) is 7.76. The third-order valence-electron chi connectivity index (χ3n) is 5.22. The summed E-state index contributed by atoms with van der Waals surface area (Å²) in [6.45, 7) is 8.43. The predicted octanol–water partition coefficient (Wildman–Crippen LogP) is 2.72. The lowest BCUT2D eigenvalue weighted by atomic mass is 9.97. The fourth-order valence-corrected chi connectivity index (χ4v) is 4.08. The van der Waals surface area contributed by atoms with E-state index in [0.717, 1.165) is 60.8 Å². The zero-order valence-corrected chi connectivity index (χ0v) is 18.5. The van der Waals surface area contributed by atoms with Gasteiger partial charge >= 0.3 is 0 Å². The number of thioether (sulfide) groups is 1. The Bertz CT molecular complexity index is 800. The Morgan fingerprint density at radius 1 is 1.24 bits per heavy atom. The van der Waals surface area contributed by atoms with Gasteiger partial charge in [0.05, 0.1) is 31.3 Å². The quantitative estimate of drug-likeness (QED) is 0.467. The van der Waals surface area contributed by atoms with E-state index in [1.807, 2.05) is 17.1 Å². The molecule has 0 unspecified atom stereocenters. The molecule has 0 bridgehead atoms. The van der Waals surface area contributed by atoms with Crippen molar-refractivity contribution in [1.29, 1.82) is 0 Å². The second kappa shape index (κ2) is 10.8. The van der Waals surface area contributed by atoms with Gasteiger partial charge in [-0.2, -0.15) is 5.10 Å². The third kappa shape index (κ3) is 5.39. The van der Waals surface area contributed by atoms with Gasteiger partial charge in [-0.1, -0.05) is 38.5 Å². The fraction of sp³-hybridized carbons (Fsp3) is 0.700. The van der Waals surface area contributed by atoms with Gasteiger partial charge in [0, 0.05) is 25.6 Å². The molecule has 1 saturated heterocycles. The summed E-state index contributed by atoms with van der Waals surface area (Å²) in [6, 6.07) is 0. The first-order valence-corrected chi connectivity index (χ1v) is 11.8. The lowest BCUT2D eigenvalue weighted by molar-refractivity contribution is -0.125. The van der Waals surface area contributed by atoms with Crippen LogP contribution in [-0.4, -0.2) is 64.8 Å². The molecule has 1 aliphatic heterocycles. The molecule has 0 aliphatic carbocycles. The predicted molar refractivity (Wildman–Crippen MR) is 116 cm³/mol. The smallest absolute Gasteiger partial charge is 0.223 e. The summed E-state index contributed by atoms with van der Waals surface area (Å²) in [5, 5.41) is 9.30. The molecule has 1 aliphatic rings. The number of anilines is 1. The molecule has 1 fully saturated rings. The van der Waals surface area contributed by atoms with E-state index in [1.54, 1.807) is 0 Å². The highest BCUT2D eigenvalue weighted by atomic mass is 32.2. The van der Waals surface area contributed by atoms with E-state index in [0.29, 0.717) is 26.3 Å². The first-order chi connectivity index (χ1) is 14.2. The molecule has 0 spiro atoms. The number of ether oxygens (including phenoxy) is 1. The van der Waals surface area contributed by atoms with Crippen LogP contribution < -0.4 is 10.2 Å². The zero-order chi connectivity index (χ0) is 20.6. The number of amides is 1. The molecule has 3 rings (SSSR count). The average Bonchev–Trinajstić information content (AvgIpc) is 3.16. The first-order valence-electron chi connectivity index (χ1n) is 10.6. The van der Waals surface area contributed by atoms with Crippen LogP contribution in [-0.2, 0) is 16.1 Å². The summed E-state index contributed by atoms with van der Waals surface area (Å²) in [7, 11) is 0. The number of fused-ring (bicyclic) bond motifs is 1. The maximum absolute atomic E-state index is 12.5. The fourth-order valence-electron chi connectivity index (χ4n) is 3.72. The molecular weight excluding hydrogens is 388 g/mol. The van der Waals surface area contributed by atoms with E-state index in [2.05, 4.69) is 34.1 Å². The number of nitrogens with zero attached hydrogens (tertiary/aromatic N) is 5. The van der Waals surface area contributed by atoms with Gasteiger partial charge in [-0.3, -0.25) is 4.79 Å². The van der Waals surface area contributed by atoms with Crippen molar-refractivity contribution in [1.82, 2.24) is 25.1 Å². The summed E-state index contributed by atoms with van der Waals surface area (Å²) >= 11 is 1.53. The van der Waals surface area contributed by atoms with Crippen molar-refractivity contribution in [2.45, 2.75) is 51.2 Å². The summed E-state index contributed by atoms with van der Waals surface area (Å²) in [4.78, 5) is 24.1. The Kier molecular flexibility index (Phi) is 8.11. The monoisotopic (exact) mass is 420 g/mol. The minimum Gasteiger partial charge on any atom is -0.378 e. The number of carbonyl (C=O) groups excluding carboxylic acids is 1. The van der Waals surface area contributed by atoms with Crippen LogP contribution in [0.4, 0.5) is 5.82 Å². The van der Waals surface area contributed by atoms with Crippen molar-refractivity contribution in [3.63, 3.8) is 0 Å². The number of rotatable bonds is 10. The van der Waals surface area contributed by atoms with Gasteiger partial charge in [0.25, 0.3) is 0 Å². The molecule has 0 saturated carbocycles. The number of morpholine rings is 1. The highest BCUT2D eigenvalue weighted by Gasteiger charge is 2.20. The van der Waals surface area contributed by atoms with Crippen LogP contribution in [0.1, 0.15) is 39.5 Å². The van der Waals surface area contributed by atoms with Gasteiger partial charge in [-0.25, -0.2) is 14.6 Å². The molecule has 0 atom stereocenters. The van der Waals surface area contributed by atoms with Crippen molar-refractivity contribution in [3.05, 3.63) is 6.20 Å². The van der Waals surface area contributed by atoms with Crippen LogP contribution in [0.2, 0.25) is 0 Å². The van der Waals surface area contributed by atoms with Gasteiger partial charge in [-0.15, -0.1) is 0 Å². The molecule has 1 N–H and O–H groups in total. The van der Waals surface area contributed by atoms with Crippen LogP contribution in [0.3, 0.4) is 0 Å². The molecule has 3 heterocycles. The molecule has 2 aromatic rings. The summed E-state index contributed by atoms with van der Waals surface area (Å²) in [5.74, 6) is 1.18. The standard InChI is InChI=1S/C20H32N6O2S/c1-4-6-15(7-5-2)19(27)21-8-9-26-18-16(14-22-26)17(23-20(24-18)29-3)25-10-12-28-13-11-25/h14-15H,4-13H2,1-3H3,(H,21,27). The van der Waals surface area contributed by atoms with E-state index in [4.69, 9.17) is 9.72 Å². The number of carbonyl (C=O) groups is 1. The van der Waals surface area contributed by atoms with E-state index in [9.17, 15) is 4.79 Å². The Labute approximate surface area is 176 Å². The number of hydrogen-bond donors (Lipinski definition) is 1. The summed E-state index contributed by atoms with van der Waals surface area (Å²) in [5.41, 5.74) is 0.818. The SMILES string of the molecule is CCCC(CCC)C(=O)NCCn1ncc2c(N3CCOCC3)nc(SC)nc21. The van der Waals surface area contributed by atoms with Gasteiger partial charge < -0.3 is 15.0 Å². The Morgan fingerprint density at radius 3 is 2.62 bits per heavy atom. The highest BCUT2D eigenvalue weighted by Crippen LogP contribution is 2.27. The summed E-state index contributed by atoms with van der Waals surface area (Å²) < 4.78 is 7.34. The number of nitrogens with one attached hydrogen (secondary N) is 1. The van der Waals surface area contributed by atoms with Crippen LogP contribution in [0, 0.1) is 5.92 Å². The molecule has 160 valence electrons. The normalized spacial score (nSPS) is 14.7. The van der Waals surface area contributed by atoms with Crippen LogP contribution >= 0.6 is 11.8 Å². The number of hydrogen-bond acceptors (Lipinski definition) is 7. The van der Waals surface area contributed by atoms with Crippen molar-refractivity contribution >= 4 is 34.5 Å². The molecule has 29 heavy (non-hydrogen) atoms. The molecule has 8 nitrogen and oxygen atoms in total. The minimum absolute atomic E-state index is 0.109. The van der Waals surface area contributed by atoms with Crippen molar-refractivity contribution in [2.75, 3.05) is 44.0 Å². The Hall–Kier alpha value is -1.87. The van der Waals surface area contributed by atoms with Crippen LogP contribution in [0.15, 0.2) is 11.4 Å². The van der Waals surface area contributed by atoms with Gasteiger partial charge in [0.1, 0.15) is 5.82 Å². The average molecular weight is 421 g/mol. The van der Waals surface area contributed by atoms with Crippen molar-refractivity contribution in [3.8, 4) is 0 Å². The van der Waals surface area contributed by atoms with Gasteiger partial charge in [0.2, 0.25) is 5.91 Å². The largest absolute Gasteiger partial charge is 0.378 e. The van der Waals surface area contributed by atoms with Crippen LogP contribution in [0.25, 0.3) is 11.0 Å². The second-order valence-corrected chi connectivity index (χ2v) is 8.08. The lowest BCUT2D eigenvalue weighted by Gasteiger charge is -2.28. The van der Waals surface area contributed by atoms with E-state index < -0.39 is 0 Å². The molecule has 1 amide bonds. The Balaban J connectivity index is 1.72. The lowest BCUT2D eigenvalue weighted by Crippen LogP contribution is -2.37. The van der Waals surface area contributed by atoms with Gasteiger partial charge in [-0.05, 0) is 19.1 Å². The first kappa shape index (κ1) is 21.8.